The van der Waals surface area contributed by atoms with Gasteiger partial charge in [0.2, 0.25) is 0 Å². The molecule has 0 aliphatic carbocycles. The zero-order valence-corrected chi connectivity index (χ0v) is 9.86. The minimum absolute atomic E-state index is 0.427. The molecule has 0 spiro atoms. The van der Waals surface area contributed by atoms with Crippen LogP contribution in [0.25, 0.3) is 0 Å². The van der Waals surface area contributed by atoms with Gasteiger partial charge in [-0.2, -0.15) is 0 Å². The molecule has 0 unspecified atom stereocenters. The zero-order valence-electron chi connectivity index (χ0n) is 8.29. The molecule has 0 saturated carbocycles. The van der Waals surface area contributed by atoms with Gasteiger partial charge >= 0.3 is 0 Å². The summed E-state index contributed by atoms with van der Waals surface area (Å²) in [6.07, 6.45) is 0. The molecule has 0 amide bonds. The highest BCUT2D eigenvalue weighted by Gasteiger charge is 2.00. The number of nitrogens with one attached hydrogen (secondary N) is 1. The molecule has 3 nitrogen and oxygen atoms in total. The minimum Gasteiger partial charge on any atom is -0.448 e. The average molecular weight is 243 g/mol. The Hall–Kier alpha value is -0.840. The number of aryl methyl sites for hydroxylation is 1. The van der Waals surface area contributed by atoms with E-state index in [9.17, 15) is 0 Å². The fraction of sp³-hybridized carbons (Fsp3) is 0.300. The third-order valence-corrected chi connectivity index (χ3v) is 2.93. The van der Waals surface area contributed by atoms with E-state index < -0.39 is 0 Å². The molecule has 0 fully saturated rings. The van der Waals surface area contributed by atoms with Crippen LogP contribution in [-0.4, -0.2) is 4.98 Å². The summed E-state index contributed by atoms with van der Waals surface area (Å²) >= 11 is 7.31. The molecule has 80 valence electrons. The lowest BCUT2D eigenvalue weighted by Crippen LogP contribution is -2.12. The topological polar surface area (TPSA) is 38.1 Å². The second-order valence-electron chi connectivity index (χ2n) is 3.17. The molecule has 0 aromatic carbocycles. The summed E-state index contributed by atoms with van der Waals surface area (Å²) in [5.74, 6) is 0.840. The fourth-order valence-corrected chi connectivity index (χ4v) is 2.02. The molecule has 5 heteroatoms. The highest BCUT2D eigenvalue weighted by atomic mass is 35.5. The van der Waals surface area contributed by atoms with Crippen LogP contribution in [0, 0.1) is 6.92 Å². The van der Waals surface area contributed by atoms with Gasteiger partial charge in [0.05, 0.1) is 17.2 Å². The van der Waals surface area contributed by atoms with Crippen LogP contribution in [0.3, 0.4) is 0 Å². The molecule has 0 aliphatic heterocycles. The van der Waals surface area contributed by atoms with E-state index in [4.69, 9.17) is 16.0 Å². The highest BCUT2D eigenvalue weighted by Crippen LogP contribution is 2.13. The summed E-state index contributed by atoms with van der Waals surface area (Å²) in [5.41, 5.74) is 1.06. The maximum absolute atomic E-state index is 5.65. The first-order chi connectivity index (χ1) is 7.24. The maximum Gasteiger partial charge on any atom is 0.193 e. The summed E-state index contributed by atoms with van der Waals surface area (Å²) in [6, 6.07) is 3.60. The van der Waals surface area contributed by atoms with Crippen molar-refractivity contribution in [3.05, 3.63) is 39.2 Å². The van der Waals surface area contributed by atoms with Crippen LogP contribution in [0.2, 0.25) is 5.22 Å². The molecule has 0 atom stereocenters. The van der Waals surface area contributed by atoms with Gasteiger partial charge in [-0.25, -0.2) is 4.98 Å². The number of hydrogen-bond donors (Lipinski definition) is 1. The summed E-state index contributed by atoms with van der Waals surface area (Å²) in [6.45, 7) is 3.42. The van der Waals surface area contributed by atoms with Crippen molar-refractivity contribution in [1.82, 2.24) is 10.3 Å². The van der Waals surface area contributed by atoms with Crippen molar-refractivity contribution in [3.8, 4) is 0 Å². The first-order valence-electron chi connectivity index (χ1n) is 4.60. The first-order valence-corrected chi connectivity index (χ1v) is 5.86. The van der Waals surface area contributed by atoms with Gasteiger partial charge in [0.1, 0.15) is 5.76 Å². The average Bonchev–Trinajstić information content (AvgIpc) is 2.76. The largest absolute Gasteiger partial charge is 0.448 e. The first kappa shape index (κ1) is 10.7. The Morgan fingerprint density at radius 2 is 2.33 bits per heavy atom. The number of thiazole rings is 1. The monoisotopic (exact) mass is 242 g/mol. The molecule has 0 bridgehead atoms. The van der Waals surface area contributed by atoms with Crippen molar-refractivity contribution in [3.63, 3.8) is 0 Å². The van der Waals surface area contributed by atoms with Crippen molar-refractivity contribution in [2.75, 3.05) is 0 Å². The molecule has 1 N–H and O–H groups in total. The smallest absolute Gasteiger partial charge is 0.193 e. The molecule has 2 rings (SSSR count). The Labute approximate surface area is 97.1 Å². The van der Waals surface area contributed by atoms with E-state index in [1.807, 2.05) is 13.0 Å². The molecule has 0 saturated heterocycles. The number of aromatic nitrogens is 1. The Bertz CT molecular complexity index is 398. The van der Waals surface area contributed by atoms with Crippen LogP contribution in [0.4, 0.5) is 0 Å². The summed E-state index contributed by atoms with van der Waals surface area (Å²) in [5, 5.41) is 6.81. The van der Waals surface area contributed by atoms with Gasteiger partial charge in [0.25, 0.3) is 0 Å². The molecule has 15 heavy (non-hydrogen) atoms. The molecule has 2 aromatic rings. The summed E-state index contributed by atoms with van der Waals surface area (Å²) < 4.78 is 5.21. The van der Waals surface area contributed by atoms with Gasteiger partial charge in [0, 0.05) is 11.9 Å². The van der Waals surface area contributed by atoms with Crippen molar-refractivity contribution in [2.45, 2.75) is 20.0 Å². The van der Waals surface area contributed by atoms with Crippen molar-refractivity contribution >= 4 is 22.9 Å². The SMILES string of the molecule is Cc1nc(CNCc2ccc(Cl)o2)cs1. The van der Waals surface area contributed by atoms with E-state index in [1.54, 1.807) is 17.4 Å². The van der Waals surface area contributed by atoms with Gasteiger partial charge < -0.3 is 9.73 Å². The van der Waals surface area contributed by atoms with Crippen LogP contribution in [0.1, 0.15) is 16.5 Å². The maximum atomic E-state index is 5.65. The normalized spacial score (nSPS) is 10.8. The summed E-state index contributed by atoms with van der Waals surface area (Å²) in [4.78, 5) is 4.35. The van der Waals surface area contributed by atoms with Gasteiger partial charge in [0.15, 0.2) is 5.22 Å². The minimum atomic E-state index is 0.427. The van der Waals surface area contributed by atoms with E-state index >= 15 is 0 Å². The number of nitrogens with zero attached hydrogens (tertiary/aromatic N) is 1. The lowest BCUT2D eigenvalue weighted by Gasteiger charge is -1.98. The third kappa shape index (κ3) is 3.06. The Morgan fingerprint density at radius 3 is 2.93 bits per heavy atom. The molecular weight excluding hydrogens is 232 g/mol. The predicted octanol–water partition coefficient (Wildman–Crippen LogP) is 2.99. The number of halogens is 1. The van der Waals surface area contributed by atoms with E-state index in [0.717, 1.165) is 23.0 Å². The zero-order chi connectivity index (χ0) is 10.7. The van der Waals surface area contributed by atoms with Crippen molar-refractivity contribution < 1.29 is 4.42 Å². The van der Waals surface area contributed by atoms with E-state index in [-0.39, 0.29) is 0 Å². The van der Waals surface area contributed by atoms with E-state index in [1.165, 1.54) is 0 Å². The second kappa shape index (κ2) is 4.79. The van der Waals surface area contributed by atoms with Gasteiger partial charge in [-0.15, -0.1) is 11.3 Å². The molecule has 0 radical (unpaired) electrons. The van der Waals surface area contributed by atoms with Gasteiger partial charge in [-0.1, -0.05) is 0 Å². The number of rotatable bonds is 4. The Balaban J connectivity index is 1.80. The van der Waals surface area contributed by atoms with Crippen LogP contribution < -0.4 is 5.32 Å². The number of furan rings is 1. The lowest BCUT2D eigenvalue weighted by molar-refractivity contribution is 0.483. The van der Waals surface area contributed by atoms with Crippen LogP contribution >= 0.6 is 22.9 Å². The molecule has 2 heterocycles. The van der Waals surface area contributed by atoms with E-state index in [0.29, 0.717) is 11.8 Å². The number of hydrogen-bond acceptors (Lipinski definition) is 4. The highest BCUT2D eigenvalue weighted by molar-refractivity contribution is 7.09. The van der Waals surface area contributed by atoms with Crippen molar-refractivity contribution in [2.24, 2.45) is 0 Å². The van der Waals surface area contributed by atoms with Crippen LogP contribution in [0.5, 0.6) is 0 Å². The predicted molar refractivity (Wildman–Crippen MR) is 61.1 cm³/mol. The Kier molecular flexibility index (Phi) is 3.41. The van der Waals surface area contributed by atoms with Crippen molar-refractivity contribution in [1.29, 1.82) is 0 Å². The Morgan fingerprint density at radius 1 is 1.47 bits per heavy atom. The quantitative estimate of drug-likeness (QED) is 0.896. The fourth-order valence-electron chi connectivity index (χ4n) is 1.25. The standard InChI is InChI=1S/C10H11ClN2OS/c1-7-13-8(6-15-7)4-12-5-9-2-3-10(11)14-9/h2-3,6,12H,4-5H2,1H3. The third-order valence-electron chi connectivity index (χ3n) is 1.90. The molecular formula is C10H11ClN2OS. The summed E-state index contributed by atoms with van der Waals surface area (Å²) in [7, 11) is 0. The second-order valence-corrected chi connectivity index (χ2v) is 4.60. The van der Waals surface area contributed by atoms with E-state index in [2.05, 4.69) is 15.7 Å². The van der Waals surface area contributed by atoms with Crippen LogP contribution in [0.15, 0.2) is 21.9 Å². The van der Waals surface area contributed by atoms with Gasteiger partial charge in [-0.3, -0.25) is 0 Å². The van der Waals surface area contributed by atoms with Gasteiger partial charge in [-0.05, 0) is 30.7 Å². The molecule has 0 aliphatic rings. The molecule has 2 aromatic heterocycles. The van der Waals surface area contributed by atoms with Crippen LogP contribution in [-0.2, 0) is 13.1 Å². The lowest BCUT2D eigenvalue weighted by atomic mass is 10.4.